The van der Waals surface area contributed by atoms with E-state index < -0.39 is 0 Å². The van der Waals surface area contributed by atoms with Crippen molar-refractivity contribution in [1.82, 2.24) is 0 Å². The number of benzene rings is 1. The highest BCUT2D eigenvalue weighted by atomic mass is 16.1. The van der Waals surface area contributed by atoms with Crippen LogP contribution in [-0.2, 0) is 0 Å². The summed E-state index contributed by atoms with van der Waals surface area (Å²) < 4.78 is 0. The predicted octanol–water partition coefficient (Wildman–Crippen LogP) is 4.01. The van der Waals surface area contributed by atoms with Gasteiger partial charge < -0.3 is 0 Å². The smallest absolute Gasteiger partial charge is 0.160 e. The van der Waals surface area contributed by atoms with E-state index in [1.165, 1.54) is 5.57 Å². The highest BCUT2D eigenvalue weighted by molar-refractivity contribution is 5.96. The molecule has 0 fully saturated rings. The Labute approximate surface area is 91.8 Å². The van der Waals surface area contributed by atoms with Crippen LogP contribution in [0.4, 0.5) is 0 Å². The summed E-state index contributed by atoms with van der Waals surface area (Å²) in [7, 11) is 0. The molecule has 0 aliphatic rings. The minimum absolute atomic E-state index is 0.136. The summed E-state index contributed by atoms with van der Waals surface area (Å²) in [6.07, 6.45) is 3.18. The first-order chi connectivity index (χ1) is 7.04. The molecular weight excluding hydrogens is 184 g/mol. The summed E-state index contributed by atoms with van der Waals surface area (Å²) in [5.74, 6) is 0.136. The largest absolute Gasteiger partial charge is 0.295 e. The van der Waals surface area contributed by atoms with Crippen LogP contribution in [0.5, 0.6) is 0 Å². The van der Waals surface area contributed by atoms with Crippen LogP contribution in [0.25, 0.3) is 6.08 Å². The Morgan fingerprint density at radius 1 is 1.33 bits per heavy atom. The van der Waals surface area contributed by atoms with Crippen LogP contribution < -0.4 is 0 Å². The maximum absolute atomic E-state index is 11.4. The van der Waals surface area contributed by atoms with Gasteiger partial charge in [-0.1, -0.05) is 30.7 Å². The quantitative estimate of drug-likeness (QED) is 0.677. The molecule has 0 saturated carbocycles. The zero-order valence-electron chi connectivity index (χ0n) is 9.92. The first kappa shape index (κ1) is 11.7. The Morgan fingerprint density at radius 2 is 2.00 bits per heavy atom. The molecule has 0 heterocycles. The molecule has 1 rings (SSSR count). The lowest BCUT2D eigenvalue weighted by Crippen LogP contribution is -1.96. The zero-order chi connectivity index (χ0) is 11.4. The van der Waals surface area contributed by atoms with Crippen molar-refractivity contribution in [3.63, 3.8) is 0 Å². The van der Waals surface area contributed by atoms with Gasteiger partial charge >= 0.3 is 0 Å². The van der Waals surface area contributed by atoms with Gasteiger partial charge in [-0.25, -0.2) is 0 Å². The van der Waals surface area contributed by atoms with E-state index >= 15 is 0 Å². The molecule has 1 heteroatoms. The van der Waals surface area contributed by atoms with Crippen molar-refractivity contribution in [3.05, 3.63) is 40.5 Å². The van der Waals surface area contributed by atoms with E-state index in [1.54, 1.807) is 6.92 Å². The summed E-state index contributed by atoms with van der Waals surface area (Å²) in [4.78, 5) is 11.4. The SMILES string of the molecule is CC/C(C)=C/c1ccc(C)c(C(C)=O)c1. The first-order valence-electron chi connectivity index (χ1n) is 5.33. The van der Waals surface area contributed by atoms with E-state index in [4.69, 9.17) is 0 Å². The minimum Gasteiger partial charge on any atom is -0.295 e. The maximum atomic E-state index is 11.4. The van der Waals surface area contributed by atoms with Crippen molar-refractivity contribution in [2.75, 3.05) is 0 Å². The highest BCUT2D eigenvalue weighted by Gasteiger charge is 2.03. The molecule has 0 aliphatic heterocycles. The molecule has 0 aromatic heterocycles. The van der Waals surface area contributed by atoms with Crippen molar-refractivity contribution in [2.45, 2.75) is 34.1 Å². The maximum Gasteiger partial charge on any atom is 0.160 e. The van der Waals surface area contributed by atoms with E-state index in [2.05, 4.69) is 26.0 Å². The Kier molecular flexibility index (Phi) is 3.84. The number of carbonyl (C=O) groups excluding carboxylic acids is 1. The molecule has 0 bridgehead atoms. The second-order valence-corrected chi connectivity index (χ2v) is 3.97. The number of allylic oxidation sites excluding steroid dienone is 1. The van der Waals surface area contributed by atoms with Gasteiger partial charge in [0.2, 0.25) is 0 Å². The van der Waals surface area contributed by atoms with Gasteiger partial charge in [-0.2, -0.15) is 0 Å². The summed E-state index contributed by atoms with van der Waals surface area (Å²) >= 11 is 0. The van der Waals surface area contributed by atoms with E-state index in [0.717, 1.165) is 23.1 Å². The molecule has 0 unspecified atom stereocenters. The van der Waals surface area contributed by atoms with Crippen molar-refractivity contribution in [3.8, 4) is 0 Å². The number of aryl methyl sites for hydroxylation is 1. The fourth-order valence-corrected chi connectivity index (χ4v) is 1.50. The van der Waals surface area contributed by atoms with E-state index in [0.29, 0.717) is 0 Å². The Balaban J connectivity index is 3.13. The molecule has 0 aliphatic carbocycles. The summed E-state index contributed by atoms with van der Waals surface area (Å²) in [5, 5.41) is 0. The van der Waals surface area contributed by atoms with Crippen LogP contribution in [0.3, 0.4) is 0 Å². The average molecular weight is 202 g/mol. The zero-order valence-corrected chi connectivity index (χ0v) is 9.92. The molecule has 1 aromatic carbocycles. The summed E-state index contributed by atoms with van der Waals surface area (Å²) in [5.41, 5.74) is 4.32. The third-order valence-corrected chi connectivity index (χ3v) is 2.61. The lowest BCUT2D eigenvalue weighted by Gasteiger charge is -2.04. The Hall–Kier alpha value is -1.37. The van der Waals surface area contributed by atoms with Crippen molar-refractivity contribution in [1.29, 1.82) is 0 Å². The van der Waals surface area contributed by atoms with E-state index in [1.807, 2.05) is 19.1 Å². The van der Waals surface area contributed by atoms with Crippen molar-refractivity contribution >= 4 is 11.9 Å². The third-order valence-electron chi connectivity index (χ3n) is 2.61. The van der Waals surface area contributed by atoms with Crippen molar-refractivity contribution in [2.24, 2.45) is 0 Å². The monoisotopic (exact) mass is 202 g/mol. The number of Topliss-reactive ketones (excluding diaryl/α,β-unsaturated/α-hetero) is 1. The molecule has 0 amide bonds. The number of ketones is 1. The van der Waals surface area contributed by atoms with Gasteiger partial charge in [-0.3, -0.25) is 4.79 Å². The lowest BCUT2D eigenvalue weighted by molar-refractivity contribution is 0.101. The Bertz CT molecular complexity index is 400. The Morgan fingerprint density at radius 3 is 2.53 bits per heavy atom. The second-order valence-electron chi connectivity index (χ2n) is 3.97. The van der Waals surface area contributed by atoms with Gasteiger partial charge in [-0.05, 0) is 44.4 Å². The normalized spacial score (nSPS) is 11.6. The fraction of sp³-hybridized carbons (Fsp3) is 0.357. The topological polar surface area (TPSA) is 17.1 Å². The number of hydrogen-bond donors (Lipinski definition) is 0. The second kappa shape index (κ2) is 4.92. The molecule has 0 spiro atoms. The third kappa shape index (κ3) is 3.05. The van der Waals surface area contributed by atoms with Crippen LogP contribution in [0.2, 0.25) is 0 Å². The summed E-state index contributed by atoms with van der Waals surface area (Å²) in [6, 6.07) is 6.03. The fourth-order valence-electron chi connectivity index (χ4n) is 1.50. The van der Waals surface area contributed by atoms with Gasteiger partial charge in [-0.15, -0.1) is 0 Å². The lowest BCUT2D eigenvalue weighted by atomic mass is 10.0. The number of rotatable bonds is 3. The highest BCUT2D eigenvalue weighted by Crippen LogP contribution is 2.15. The standard InChI is InChI=1S/C14H18O/c1-5-10(2)8-13-7-6-11(3)14(9-13)12(4)15/h6-9H,5H2,1-4H3/b10-8+. The van der Waals surface area contributed by atoms with E-state index in [9.17, 15) is 4.79 Å². The van der Waals surface area contributed by atoms with Crippen LogP contribution in [0.15, 0.2) is 23.8 Å². The average Bonchev–Trinajstić information content (AvgIpc) is 2.20. The van der Waals surface area contributed by atoms with Crippen LogP contribution in [0, 0.1) is 6.92 Å². The van der Waals surface area contributed by atoms with Crippen LogP contribution in [-0.4, -0.2) is 5.78 Å². The molecule has 15 heavy (non-hydrogen) atoms. The molecule has 0 saturated heterocycles. The van der Waals surface area contributed by atoms with Gasteiger partial charge in [0.05, 0.1) is 0 Å². The predicted molar refractivity (Wildman–Crippen MR) is 65.1 cm³/mol. The molecule has 0 radical (unpaired) electrons. The molecule has 1 nitrogen and oxygen atoms in total. The van der Waals surface area contributed by atoms with Gasteiger partial charge in [0, 0.05) is 5.56 Å². The van der Waals surface area contributed by atoms with Crippen molar-refractivity contribution < 1.29 is 4.79 Å². The molecule has 1 aromatic rings. The van der Waals surface area contributed by atoms with Crippen LogP contribution >= 0.6 is 0 Å². The van der Waals surface area contributed by atoms with Gasteiger partial charge in [0.1, 0.15) is 0 Å². The molecule has 80 valence electrons. The molecule has 0 N–H and O–H groups in total. The molecular formula is C14H18O. The first-order valence-corrected chi connectivity index (χ1v) is 5.33. The number of hydrogen-bond acceptors (Lipinski definition) is 1. The van der Waals surface area contributed by atoms with Gasteiger partial charge in [0.25, 0.3) is 0 Å². The summed E-state index contributed by atoms with van der Waals surface area (Å²) in [6.45, 7) is 7.82. The van der Waals surface area contributed by atoms with E-state index in [-0.39, 0.29) is 5.78 Å². The minimum atomic E-state index is 0.136. The van der Waals surface area contributed by atoms with Gasteiger partial charge in [0.15, 0.2) is 5.78 Å². The number of carbonyl (C=O) groups is 1. The van der Waals surface area contributed by atoms with Crippen LogP contribution in [0.1, 0.15) is 48.7 Å². The molecule has 0 atom stereocenters.